The first kappa shape index (κ1) is 25.8. The van der Waals surface area contributed by atoms with Gasteiger partial charge >= 0.3 is 5.97 Å². The number of hydrogen-bond donors (Lipinski definition) is 0. The Morgan fingerprint density at radius 2 is 1.85 bits per heavy atom. The van der Waals surface area contributed by atoms with Crippen molar-refractivity contribution in [1.82, 2.24) is 18.8 Å². The summed E-state index contributed by atoms with van der Waals surface area (Å²) in [7, 11) is -3.89. The van der Waals surface area contributed by atoms with Gasteiger partial charge in [0.05, 0.1) is 23.2 Å². The maximum absolute atomic E-state index is 13.6. The molecular formula is C25H34N4O4S. The maximum atomic E-state index is 13.6. The Labute approximate surface area is 202 Å². The van der Waals surface area contributed by atoms with E-state index in [0.29, 0.717) is 19.4 Å². The zero-order chi connectivity index (χ0) is 24.9. The summed E-state index contributed by atoms with van der Waals surface area (Å²) in [5.41, 5.74) is 2.75. The normalized spacial score (nSPS) is 13.0. The van der Waals surface area contributed by atoms with Gasteiger partial charge in [-0.05, 0) is 56.4 Å². The number of fused-ring (bicyclic) bond motifs is 1. The Kier molecular flexibility index (Phi) is 8.43. The van der Waals surface area contributed by atoms with Crippen molar-refractivity contribution in [3.8, 4) is 0 Å². The van der Waals surface area contributed by atoms with E-state index in [1.54, 1.807) is 31.5 Å². The summed E-state index contributed by atoms with van der Waals surface area (Å²) in [6.45, 7) is 10.5. The summed E-state index contributed by atoms with van der Waals surface area (Å²) < 4.78 is 35.8. The molecular weight excluding hydrogens is 452 g/mol. The highest BCUT2D eigenvalue weighted by molar-refractivity contribution is 7.89. The van der Waals surface area contributed by atoms with Gasteiger partial charge in [-0.25, -0.2) is 13.4 Å². The molecule has 0 aliphatic heterocycles. The molecule has 0 unspecified atom stereocenters. The number of ether oxygens (including phenoxy) is 1. The van der Waals surface area contributed by atoms with Crippen molar-refractivity contribution in [2.24, 2.45) is 5.92 Å². The summed E-state index contributed by atoms with van der Waals surface area (Å²) in [6, 6.07) is 7.91. The fourth-order valence-electron chi connectivity index (χ4n) is 4.07. The molecule has 2 heterocycles. The lowest BCUT2D eigenvalue weighted by Gasteiger charge is -2.30. The number of aryl methyl sites for hydroxylation is 1. The fraction of sp³-hybridized carbons (Fsp3) is 0.480. The largest absolute Gasteiger partial charge is 0.465 e. The third-order valence-electron chi connectivity index (χ3n) is 5.66. The van der Waals surface area contributed by atoms with Gasteiger partial charge in [0.1, 0.15) is 17.4 Å². The molecule has 0 fully saturated rings. The van der Waals surface area contributed by atoms with Gasteiger partial charge in [-0.2, -0.15) is 4.31 Å². The van der Waals surface area contributed by atoms with E-state index in [9.17, 15) is 13.2 Å². The number of esters is 1. The highest BCUT2D eigenvalue weighted by Crippen LogP contribution is 2.24. The molecule has 8 nitrogen and oxygen atoms in total. The van der Waals surface area contributed by atoms with Crippen molar-refractivity contribution < 1.29 is 17.9 Å². The maximum Gasteiger partial charge on any atom is 0.324 e. The van der Waals surface area contributed by atoms with Crippen molar-refractivity contribution in [3.05, 3.63) is 54.1 Å². The average molecular weight is 487 g/mol. The molecule has 1 aromatic carbocycles. The lowest BCUT2D eigenvalue weighted by molar-refractivity contribution is -0.148. The third kappa shape index (κ3) is 5.64. The molecule has 1 atom stereocenters. The molecule has 0 radical (unpaired) electrons. The van der Waals surface area contributed by atoms with E-state index in [0.717, 1.165) is 22.4 Å². The lowest BCUT2D eigenvalue weighted by Crippen LogP contribution is -2.46. The molecule has 0 N–H and O–H groups in total. The van der Waals surface area contributed by atoms with Crippen LogP contribution in [0.3, 0.4) is 0 Å². The highest BCUT2D eigenvalue weighted by Gasteiger charge is 2.36. The molecule has 0 amide bonds. The number of aromatic nitrogens is 3. The van der Waals surface area contributed by atoms with E-state index in [1.165, 1.54) is 4.31 Å². The summed E-state index contributed by atoms with van der Waals surface area (Å²) >= 11 is 0. The van der Waals surface area contributed by atoms with Crippen LogP contribution in [0.15, 0.2) is 47.6 Å². The number of sulfonamides is 1. The van der Waals surface area contributed by atoms with E-state index < -0.39 is 22.0 Å². The zero-order valence-corrected chi connectivity index (χ0v) is 21.4. The van der Waals surface area contributed by atoms with Crippen LogP contribution in [0.25, 0.3) is 11.0 Å². The molecule has 3 aromatic rings. The first-order valence-corrected chi connectivity index (χ1v) is 13.2. The number of pyridine rings is 1. The van der Waals surface area contributed by atoms with Crippen molar-refractivity contribution >= 4 is 27.0 Å². The van der Waals surface area contributed by atoms with Crippen molar-refractivity contribution in [1.29, 1.82) is 0 Å². The van der Waals surface area contributed by atoms with Gasteiger partial charge in [0, 0.05) is 19.3 Å². The van der Waals surface area contributed by atoms with E-state index in [1.807, 2.05) is 45.9 Å². The number of hydrogen-bond acceptors (Lipinski definition) is 6. The van der Waals surface area contributed by atoms with Crippen molar-refractivity contribution in [3.63, 3.8) is 0 Å². The molecule has 34 heavy (non-hydrogen) atoms. The minimum atomic E-state index is -3.89. The van der Waals surface area contributed by atoms with Crippen molar-refractivity contribution in [2.75, 3.05) is 13.2 Å². The fourth-order valence-corrected chi connectivity index (χ4v) is 5.75. The summed E-state index contributed by atoms with van der Waals surface area (Å²) in [5.74, 6) is 0.497. The number of carbonyl (C=O) groups excluding carboxylic acids is 1. The monoisotopic (exact) mass is 486 g/mol. The average Bonchev–Trinajstić information content (AvgIpc) is 3.11. The Bertz CT molecular complexity index is 1220. The molecule has 9 heteroatoms. The van der Waals surface area contributed by atoms with Gasteiger partial charge in [0.25, 0.3) is 0 Å². The Hall–Kier alpha value is -2.78. The van der Waals surface area contributed by atoms with Gasteiger partial charge in [0.2, 0.25) is 10.0 Å². The Morgan fingerprint density at radius 1 is 1.15 bits per heavy atom. The van der Waals surface area contributed by atoms with Gasteiger partial charge in [-0.3, -0.25) is 9.78 Å². The minimum absolute atomic E-state index is 0.134. The van der Waals surface area contributed by atoms with Gasteiger partial charge in [-0.15, -0.1) is 0 Å². The summed E-state index contributed by atoms with van der Waals surface area (Å²) in [5, 5.41) is 0. The lowest BCUT2D eigenvalue weighted by atomic mass is 10.0. The van der Waals surface area contributed by atoms with E-state index >= 15 is 0 Å². The van der Waals surface area contributed by atoms with Crippen LogP contribution >= 0.6 is 0 Å². The quantitative estimate of drug-likeness (QED) is 0.378. The first-order valence-electron chi connectivity index (χ1n) is 11.7. The molecule has 3 rings (SSSR count). The van der Waals surface area contributed by atoms with Crippen LogP contribution in [0.2, 0.25) is 0 Å². The van der Waals surface area contributed by atoms with E-state index in [4.69, 9.17) is 4.74 Å². The second kappa shape index (κ2) is 11.1. The van der Waals surface area contributed by atoms with Crippen LogP contribution in [0.5, 0.6) is 0 Å². The molecule has 0 bridgehead atoms. The predicted molar refractivity (Wildman–Crippen MR) is 132 cm³/mol. The van der Waals surface area contributed by atoms with Crippen LogP contribution < -0.4 is 0 Å². The van der Waals surface area contributed by atoms with Crippen LogP contribution in [0, 0.1) is 12.8 Å². The summed E-state index contributed by atoms with van der Waals surface area (Å²) in [4.78, 5) is 21.5. The van der Waals surface area contributed by atoms with Gasteiger partial charge in [0.15, 0.2) is 0 Å². The van der Waals surface area contributed by atoms with Crippen molar-refractivity contribution in [2.45, 2.75) is 64.9 Å². The van der Waals surface area contributed by atoms with Gasteiger partial charge < -0.3 is 9.30 Å². The molecule has 0 saturated heterocycles. The highest BCUT2D eigenvalue weighted by atomic mass is 32.2. The number of rotatable bonds is 11. The number of benzene rings is 1. The minimum Gasteiger partial charge on any atom is -0.465 e. The van der Waals surface area contributed by atoms with Gasteiger partial charge in [-0.1, -0.05) is 32.9 Å². The number of nitrogens with zero attached hydrogens (tertiary/aromatic N) is 4. The Morgan fingerprint density at radius 3 is 2.47 bits per heavy atom. The third-order valence-corrected chi connectivity index (χ3v) is 7.58. The summed E-state index contributed by atoms with van der Waals surface area (Å²) in [6.07, 6.45) is 4.45. The topological polar surface area (TPSA) is 94.4 Å². The van der Waals surface area contributed by atoms with Crippen LogP contribution in [0.1, 0.15) is 51.9 Å². The molecule has 0 aliphatic rings. The zero-order valence-electron chi connectivity index (χ0n) is 20.6. The number of imidazole rings is 1. The van der Waals surface area contributed by atoms with E-state index in [2.05, 4.69) is 14.5 Å². The predicted octanol–water partition coefficient (Wildman–Crippen LogP) is 4.17. The molecule has 0 saturated carbocycles. The smallest absolute Gasteiger partial charge is 0.324 e. The van der Waals surface area contributed by atoms with Crippen LogP contribution in [0.4, 0.5) is 0 Å². The molecule has 0 spiro atoms. The standard InChI is InChI=1S/C25H34N4O4S/c1-6-14-29(24(15-18(3)4)25(30)33-7-2)34(31,32)21-10-8-20(9-11-21)17-28-19(5)27-22-16-26-13-12-23(22)28/h8-13,16,18,24H,6-7,14-15,17H2,1-5H3/t24-/m0/s1. The molecule has 2 aromatic heterocycles. The van der Waals surface area contributed by atoms with Crippen LogP contribution in [-0.4, -0.2) is 52.4 Å². The number of carbonyl (C=O) groups is 1. The van der Waals surface area contributed by atoms with E-state index in [-0.39, 0.29) is 24.0 Å². The Balaban J connectivity index is 1.90. The molecule has 184 valence electrons. The second-order valence-corrected chi connectivity index (χ2v) is 10.7. The van der Waals surface area contributed by atoms with Crippen LogP contribution in [-0.2, 0) is 26.1 Å². The molecule has 0 aliphatic carbocycles. The first-order chi connectivity index (χ1) is 16.2. The SMILES string of the molecule is CCCN([C@@H](CC(C)C)C(=O)OCC)S(=O)(=O)c1ccc(Cn2c(C)nc3cnccc32)cc1. The second-order valence-electron chi connectivity index (χ2n) is 8.77.